The molecule has 1 spiro atoms. The summed E-state index contributed by atoms with van der Waals surface area (Å²) in [5.74, 6) is 0. The van der Waals surface area contributed by atoms with Crippen LogP contribution >= 0.6 is 24.8 Å². The summed E-state index contributed by atoms with van der Waals surface area (Å²) >= 11 is 0. The lowest BCUT2D eigenvalue weighted by Gasteiger charge is -2.53. The predicted octanol–water partition coefficient (Wildman–Crippen LogP) is 1.29. The fourth-order valence-corrected chi connectivity index (χ4v) is 2.14. The summed E-state index contributed by atoms with van der Waals surface area (Å²) in [5.41, 5.74) is 0.582. The van der Waals surface area contributed by atoms with E-state index in [0.29, 0.717) is 5.54 Å². The number of piperidine rings is 1. The zero-order valence-corrected chi connectivity index (χ0v) is 9.14. The van der Waals surface area contributed by atoms with Crippen LogP contribution < -0.4 is 5.32 Å². The van der Waals surface area contributed by atoms with Gasteiger partial charge in [-0.25, -0.2) is 0 Å². The Kier molecular flexibility index (Phi) is 4.85. The number of halogens is 2. The summed E-state index contributed by atoms with van der Waals surface area (Å²) in [7, 11) is 2.25. The second-order valence-electron chi connectivity index (χ2n) is 3.68. The largest absolute Gasteiger partial charge is 0.315 e. The number of likely N-dealkylation sites (tertiary alicyclic amines) is 1. The van der Waals surface area contributed by atoms with Gasteiger partial charge in [-0.3, -0.25) is 4.90 Å². The lowest BCUT2D eigenvalue weighted by atomic mass is 9.79. The highest BCUT2D eigenvalue weighted by Gasteiger charge is 2.42. The van der Waals surface area contributed by atoms with E-state index in [1.165, 1.54) is 38.9 Å². The van der Waals surface area contributed by atoms with Gasteiger partial charge in [0.2, 0.25) is 0 Å². The first kappa shape index (κ1) is 12.5. The van der Waals surface area contributed by atoms with E-state index >= 15 is 0 Å². The first-order valence-electron chi connectivity index (χ1n) is 4.25. The second kappa shape index (κ2) is 4.66. The van der Waals surface area contributed by atoms with E-state index < -0.39 is 0 Å². The molecule has 2 heterocycles. The highest BCUT2D eigenvalue weighted by atomic mass is 35.5. The van der Waals surface area contributed by atoms with Gasteiger partial charge in [0, 0.05) is 18.6 Å². The van der Waals surface area contributed by atoms with Gasteiger partial charge in [-0.15, -0.1) is 24.8 Å². The molecule has 2 aliphatic rings. The first-order valence-corrected chi connectivity index (χ1v) is 4.25. The van der Waals surface area contributed by atoms with Crippen molar-refractivity contribution in [3.8, 4) is 0 Å². The van der Waals surface area contributed by atoms with Gasteiger partial charge < -0.3 is 5.32 Å². The molecule has 74 valence electrons. The Morgan fingerprint density at radius 3 is 2.25 bits per heavy atom. The molecule has 0 aliphatic carbocycles. The minimum atomic E-state index is 0. The van der Waals surface area contributed by atoms with Crippen molar-refractivity contribution in [1.82, 2.24) is 10.2 Å². The maximum absolute atomic E-state index is 3.47. The fourth-order valence-electron chi connectivity index (χ4n) is 2.14. The van der Waals surface area contributed by atoms with Crippen molar-refractivity contribution in [2.45, 2.75) is 24.8 Å². The van der Waals surface area contributed by atoms with Crippen LogP contribution in [0.4, 0.5) is 0 Å². The highest BCUT2D eigenvalue weighted by molar-refractivity contribution is 5.85. The summed E-state index contributed by atoms with van der Waals surface area (Å²) in [4.78, 5) is 2.50. The third-order valence-electron chi connectivity index (χ3n) is 3.17. The molecule has 0 bridgehead atoms. The molecule has 2 fully saturated rings. The molecule has 4 heteroatoms. The minimum Gasteiger partial charge on any atom is -0.315 e. The van der Waals surface area contributed by atoms with Crippen LogP contribution in [0.15, 0.2) is 0 Å². The Bertz CT molecular complexity index is 135. The Hall–Kier alpha value is 0.500. The summed E-state index contributed by atoms with van der Waals surface area (Å²) in [6.07, 6.45) is 4.19. The van der Waals surface area contributed by atoms with Crippen LogP contribution in [0.1, 0.15) is 19.3 Å². The summed E-state index contributed by atoms with van der Waals surface area (Å²) in [6, 6.07) is 0. The molecule has 2 nitrogen and oxygen atoms in total. The Balaban J connectivity index is 0.000000605. The molecule has 0 radical (unpaired) electrons. The van der Waals surface area contributed by atoms with Gasteiger partial charge in [0.1, 0.15) is 0 Å². The average Bonchev–Trinajstić information content (AvgIpc) is 2.04. The normalized spacial score (nSPS) is 34.8. The van der Waals surface area contributed by atoms with Gasteiger partial charge in [-0.2, -0.15) is 0 Å². The topological polar surface area (TPSA) is 15.3 Å². The Morgan fingerprint density at radius 2 is 2.00 bits per heavy atom. The molecule has 0 saturated carbocycles. The molecule has 2 rings (SSSR count). The summed E-state index contributed by atoms with van der Waals surface area (Å²) in [6.45, 7) is 3.76. The Labute approximate surface area is 86.9 Å². The van der Waals surface area contributed by atoms with Crippen LogP contribution in [0.25, 0.3) is 0 Å². The number of hydrogen-bond acceptors (Lipinski definition) is 2. The third kappa shape index (κ3) is 1.87. The highest BCUT2D eigenvalue weighted by Crippen LogP contribution is 2.34. The maximum atomic E-state index is 3.47. The molecule has 0 aromatic carbocycles. The van der Waals surface area contributed by atoms with Crippen molar-refractivity contribution in [3.63, 3.8) is 0 Å². The predicted molar refractivity (Wildman–Crippen MR) is 56.6 cm³/mol. The smallest absolute Gasteiger partial charge is 0.0343 e. The van der Waals surface area contributed by atoms with Crippen molar-refractivity contribution < 1.29 is 0 Å². The van der Waals surface area contributed by atoms with Crippen LogP contribution in [-0.4, -0.2) is 37.1 Å². The van der Waals surface area contributed by atoms with Gasteiger partial charge in [0.15, 0.2) is 0 Å². The monoisotopic (exact) mass is 212 g/mol. The summed E-state index contributed by atoms with van der Waals surface area (Å²) in [5, 5.41) is 3.47. The molecule has 1 atom stereocenters. The van der Waals surface area contributed by atoms with Crippen molar-refractivity contribution in [3.05, 3.63) is 0 Å². The maximum Gasteiger partial charge on any atom is 0.0343 e. The number of rotatable bonds is 0. The standard InChI is InChI=1S/C8H16N2.2ClH/c1-10-6-4-8(10)3-2-5-9-7-8;;/h9H,2-7H2,1H3;2*1H. The van der Waals surface area contributed by atoms with Gasteiger partial charge >= 0.3 is 0 Å². The molecule has 0 amide bonds. The molecule has 0 aromatic rings. The number of nitrogens with zero attached hydrogens (tertiary/aromatic N) is 1. The van der Waals surface area contributed by atoms with Gasteiger partial charge in [-0.1, -0.05) is 0 Å². The molecular weight excluding hydrogens is 195 g/mol. The van der Waals surface area contributed by atoms with Crippen LogP contribution in [0.2, 0.25) is 0 Å². The van der Waals surface area contributed by atoms with Crippen LogP contribution in [0, 0.1) is 0 Å². The Morgan fingerprint density at radius 1 is 1.25 bits per heavy atom. The molecule has 12 heavy (non-hydrogen) atoms. The summed E-state index contributed by atoms with van der Waals surface area (Å²) < 4.78 is 0. The zero-order chi connectivity index (χ0) is 7.03. The SMILES string of the molecule is CN1CCC12CCCNC2.Cl.Cl. The van der Waals surface area contributed by atoms with E-state index in [2.05, 4.69) is 17.3 Å². The van der Waals surface area contributed by atoms with E-state index in [4.69, 9.17) is 0 Å². The molecular formula is C8H18Cl2N2. The quantitative estimate of drug-likeness (QED) is 0.652. The van der Waals surface area contributed by atoms with Crippen molar-refractivity contribution in [2.75, 3.05) is 26.7 Å². The fraction of sp³-hybridized carbons (Fsp3) is 1.00. The van der Waals surface area contributed by atoms with Crippen molar-refractivity contribution in [1.29, 1.82) is 0 Å². The van der Waals surface area contributed by atoms with Crippen LogP contribution in [-0.2, 0) is 0 Å². The lowest BCUT2D eigenvalue weighted by molar-refractivity contribution is -0.00829. The molecule has 0 aromatic heterocycles. The van der Waals surface area contributed by atoms with Gasteiger partial charge in [0.25, 0.3) is 0 Å². The number of likely N-dealkylation sites (N-methyl/N-ethyl adjacent to an activating group) is 1. The molecule has 2 saturated heterocycles. The number of nitrogens with one attached hydrogen (secondary N) is 1. The molecule has 1 unspecified atom stereocenters. The third-order valence-corrected chi connectivity index (χ3v) is 3.17. The van der Waals surface area contributed by atoms with E-state index in [1.807, 2.05) is 0 Å². The van der Waals surface area contributed by atoms with Crippen LogP contribution in [0.3, 0.4) is 0 Å². The van der Waals surface area contributed by atoms with E-state index in [-0.39, 0.29) is 24.8 Å². The van der Waals surface area contributed by atoms with E-state index in [1.54, 1.807) is 0 Å². The molecule has 1 N–H and O–H groups in total. The number of hydrogen-bond donors (Lipinski definition) is 1. The van der Waals surface area contributed by atoms with E-state index in [0.717, 1.165) is 0 Å². The van der Waals surface area contributed by atoms with Crippen molar-refractivity contribution in [2.24, 2.45) is 0 Å². The van der Waals surface area contributed by atoms with Crippen molar-refractivity contribution >= 4 is 24.8 Å². The second-order valence-corrected chi connectivity index (χ2v) is 3.68. The minimum absolute atomic E-state index is 0. The molecule has 2 aliphatic heterocycles. The van der Waals surface area contributed by atoms with E-state index in [9.17, 15) is 0 Å². The zero-order valence-electron chi connectivity index (χ0n) is 7.51. The van der Waals surface area contributed by atoms with Crippen LogP contribution in [0.5, 0.6) is 0 Å². The van der Waals surface area contributed by atoms with Gasteiger partial charge in [0.05, 0.1) is 0 Å². The average molecular weight is 213 g/mol. The van der Waals surface area contributed by atoms with Gasteiger partial charge in [-0.05, 0) is 32.9 Å². The first-order chi connectivity index (χ1) is 4.83. The lowest BCUT2D eigenvalue weighted by Crippen LogP contribution is -2.64.